The molecule has 3 heterocycles. The molecule has 1 saturated heterocycles. The van der Waals surface area contributed by atoms with Gasteiger partial charge < -0.3 is 32.2 Å². The molecule has 0 radical (unpaired) electrons. The number of hydrogen-bond acceptors (Lipinski definition) is 18. The SMILES string of the molecule is CC(=O)NS(=O)(=O)c1ccc(CC(=O)c2nc(-c3cccc(N)c3)cnc2N)cc1.CC(=O)NS(=O)(=O)c1ccc(CC(=O)c2nc(Br)cnc2N)cc1.CC1(C)OB(c2cccc(N)c2)OC1(C)C. The van der Waals surface area contributed by atoms with Crippen LogP contribution in [0.1, 0.15) is 73.6 Å². The average molecular weight is 1060 g/mol. The largest absolute Gasteiger partial charge is 0.494 e. The van der Waals surface area contributed by atoms with Crippen molar-refractivity contribution in [3.8, 4) is 11.3 Å². The molecule has 24 heteroatoms. The van der Waals surface area contributed by atoms with Crippen molar-refractivity contribution >= 4 is 94.9 Å². The van der Waals surface area contributed by atoms with Gasteiger partial charge >= 0.3 is 7.12 Å². The van der Waals surface area contributed by atoms with Gasteiger partial charge in [0, 0.05) is 43.6 Å². The molecule has 6 aromatic rings. The monoisotopic (exact) mass is 1060 g/mol. The zero-order valence-corrected chi connectivity index (χ0v) is 42.0. The fourth-order valence-electron chi connectivity index (χ4n) is 6.31. The fourth-order valence-corrected chi connectivity index (χ4v) is 8.58. The van der Waals surface area contributed by atoms with Crippen molar-refractivity contribution < 1.29 is 45.3 Å². The summed E-state index contributed by atoms with van der Waals surface area (Å²) in [4.78, 5) is 62.9. The van der Waals surface area contributed by atoms with Gasteiger partial charge in [0.25, 0.3) is 20.0 Å². The van der Waals surface area contributed by atoms with Gasteiger partial charge in [0.2, 0.25) is 11.8 Å². The standard InChI is InChI=1S/C20H19N5O4S.C14H13BrN4O4S.C12H18BNO2/c1-12(26)25-30(28,29)16-7-5-13(6-8-16)9-18(27)19-20(22)23-11-17(24-19)14-3-2-4-15(21)10-14;1-8(20)19-24(22,23)10-4-2-9(3-5-10)6-11(21)13-14(16)17-7-12(15)18-13;1-11(2)12(3,4)16-13(15-11)9-6-5-7-10(14)8-9/h2-8,10-11H,9,21H2,1H3,(H2,22,23)(H,25,26);2-5,7H,6H2,1H3,(H2,16,17)(H,19,20);5-8H,14H2,1-4H3. The van der Waals surface area contributed by atoms with Crippen LogP contribution in [0.4, 0.5) is 23.0 Å². The Balaban J connectivity index is 0.000000205. The minimum atomic E-state index is -3.94. The molecule has 0 spiro atoms. The lowest BCUT2D eigenvalue weighted by molar-refractivity contribution is -0.118. The number of nitrogen functional groups attached to an aromatic ring is 4. The van der Waals surface area contributed by atoms with Gasteiger partial charge in [0.1, 0.15) is 16.0 Å². The van der Waals surface area contributed by atoms with Crippen LogP contribution in [0, 0.1) is 0 Å². The van der Waals surface area contributed by atoms with Gasteiger partial charge in [0.05, 0.1) is 39.1 Å². The third kappa shape index (κ3) is 14.2. The van der Waals surface area contributed by atoms with Gasteiger partial charge in [-0.05, 0) is 109 Å². The maximum absolute atomic E-state index is 12.7. The molecule has 1 fully saturated rings. The number of anilines is 4. The van der Waals surface area contributed by atoms with E-state index < -0.39 is 31.9 Å². The Labute approximate surface area is 413 Å². The Kier molecular flexibility index (Phi) is 17.0. The van der Waals surface area contributed by atoms with Crippen molar-refractivity contribution in [2.24, 2.45) is 0 Å². The van der Waals surface area contributed by atoms with Crippen LogP contribution in [0.5, 0.6) is 0 Å². The molecule has 0 unspecified atom stereocenters. The van der Waals surface area contributed by atoms with Crippen molar-refractivity contribution in [3.63, 3.8) is 0 Å². The Morgan fingerprint density at radius 2 is 1.04 bits per heavy atom. The second-order valence-electron chi connectivity index (χ2n) is 16.6. The lowest BCUT2D eigenvalue weighted by Crippen LogP contribution is -2.41. The Bertz CT molecular complexity index is 3150. The zero-order valence-electron chi connectivity index (χ0n) is 38.8. The van der Waals surface area contributed by atoms with E-state index in [0.717, 1.165) is 25.0 Å². The summed E-state index contributed by atoms with van der Waals surface area (Å²) >= 11 is 3.12. The van der Waals surface area contributed by atoms with Gasteiger partial charge in [-0.1, -0.05) is 48.5 Å². The summed E-state index contributed by atoms with van der Waals surface area (Å²) in [6.07, 6.45) is 2.77. The number of Topliss-reactive ketones (excluding diaryl/α,β-unsaturated/α-hetero) is 2. The second-order valence-corrected chi connectivity index (χ2v) is 20.8. The van der Waals surface area contributed by atoms with Gasteiger partial charge in [-0.2, -0.15) is 0 Å². The quantitative estimate of drug-likeness (QED) is 0.0568. The van der Waals surface area contributed by atoms with Crippen LogP contribution in [-0.2, 0) is 51.8 Å². The number of nitrogens with zero attached hydrogens (tertiary/aromatic N) is 4. The maximum Gasteiger partial charge on any atom is 0.494 e. The van der Waals surface area contributed by atoms with Gasteiger partial charge in [-0.15, -0.1) is 0 Å². The normalized spacial score (nSPS) is 13.7. The van der Waals surface area contributed by atoms with Crippen LogP contribution in [0.3, 0.4) is 0 Å². The Morgan fingerprint density at radius 3 is 1.49 bits per heavy atom. The van der Waals surface area contributed by atoms with Crippen LogP contribution in [0.15, 0.2) is 124 Å². The Hall–Kier alpha value is -7.12. The molecule has 10 N–H and O–H groups in total. The predicted octanol–water partition coefficient (Wildman–Crippen LogP) is 4.20. The molecule has 1 aliphatic heterocycles. The topological polar surface area (TPSA) is 335 Å². The summed E-state index contributed by atoms with van der Waals surface area (Å²) in [5.41, 5.74) is 27.0. The number of carbonyl (C=O) groups is 4. The lowest BCUT2D eigenvalue weighted by atomic mass is 9.79. The molecular formula is C46H50BBrN10O10S2. The van der Waals surface area contributed by atoms with E-state index in [1.165, 1.54) is 60.9 Å². The van der Waals surface area contributed by atoms with E-state index in [0.29, 0.717) is 32.7 Å². The summed E-state index contributed by atoms with van der Waals surface area (Å²) < 4.78 is 63.7. The maximum atomic E-state index is 12.7. The summed E-state index contributed by atoms with van der Waals surface area (Å²) in [6.45, 7) is 10.4. The van der Waals surface area contributed by atoms with E-state index in [9.17, 15) is 36.0 Å². The van der Waals surface area contributed by atoms with E-state index in [2.05, 4.69) is 35.9 Å². The minimum absolute atomic E-state index is 0.00231. The molecule has 2 aromatic heterocycles. The van der Waals surface area contributed by atoms with Gasteiger partial charge in [-0.3, -0.25) is 19.2 Å². The third-order valence-electron chi connectivity index (χ3n) is 10.5. The molecule has 7 rings (SSSR count). The number of hydrogen-bond donors (Lipinski definition) is 6. The zero-order chi connectivity index (χ0) is 51.8. The number of aromatic nitrogens is 4. The van der Waals surface area contributed by atoms with E-state index in [1.807, 2.05) is 61.4 Å². The molecule has 70 heavy (non-hydrogen) atoms. The Morgan fingerprint density at radius 1 is 0.614 bits per heavy atom. The summed E-state index contributed by atoms with van der Waals surface area (Å²) in [5, 5.41) is 0. The first kappa shape index (κ1) is 53.8. The van der Waals surface area contributed by atoms with E-state index in [1.54, 1.807) is 24.3 Å². The summed E-state index contributed by atoms with van der Waals surface area (Å²) in [6, 6.07) is 25.8. The fraction of sp³-hybridized carbons (Fsp3) is 0.217. The molecule has 0 aliphatic carbocycles. The number of nitrogens with one attached hydrogen (secondary N) is 2. The van der Waals surface area contributed by atoms with Crippen LogP contribution < -0.4 is 37.8 Å². The van der Waals surface area contributed by atoms with E-state index in [-0.39, 0.29) is 75.5 Å². The van der Waals surface area contributed by atoms with E-state index in [4.69, 9.17) is 32.2 Å². The molecular weight excluding hydrogens is 1010 g/mol. The van der Waals surface area contributed by atoms with Crippen LogP contribution >= 0.6 is 15.9 Å². The molecule has 0 saturated carbocycles. The molecule has 4 aromatic carbocycles. The molecule has 0 atom stereocenters. The highest BCUT2D eigenvalue weighted by atomic mass is 79.9. The number of benzene rings is 4. The summed E-state index contributed by atoms with van der Waals surface area (Å²) in [7, 11) is -8.17. The highest BCUT2D eigenvalue weighted by Crippen LogP contribution is 2.36. The summed E-state index contributed by atoms with van der Waals surface area (Å²) in [5.74, 6) is -2.08. The molecule has 2 amide bonds. The first-order valence-corrected chi connectivity index (χ1v) is 24.7. The highest BCUT2D eigenvalue weighted by Gasteiger charge is 2.51. The first-order valence-electron chi connectivity index (χ1n) is 20.9. The number of sulfonamides is 2. The number of halogens is 1. The number of carbonyl (C=O) groups excluding carboxylic acids is 4. The highest BCUT2D eigenvalue weighted by molar-refractivity contribution is 9.10. The molecule has 20 nitrogen and oxygen atoms in total. The van der Waals surface area contributed by atoms with Gasteiger partial charge in [-0.25, -0.2) is 46.2 Å². The number of amides is 2. The van der Waals surface area contributed by atoms with Crippen LogP contribution in [-0.4, -0.2) is 78.5 Å². The van der Waals surface area contributed by atoms with Crippen molar-refractivity contribution in [2.45, 2.75) is 75.4 Å². The van der Waals surface area contributed by atoms with Crippen LogP contribution in [0.2, 0.25) is 0 Å². The number of rotatable bonds is 12. The van der Waals surface area contributed by atoms with Crippen molar-refractivity contribution in [1.82, 2.24) is 29.4 Å². The third-order valence-corrected chi connectivity index (χ3v) is 13.8. The van der Waals surface area contributed by atoms with Crippen molar-refractivity contribution in [1.29, 1.82) is 0 Å². The predicted molar refractivity (Wildman–Crippen MR) is 268 cm³/mol. The lowest BCUT2D eigenvalue weighted by Gasteiger charge is -2.32. The van der Waals surface area contributed by atoms with Crippen molar-refractivity contribution in [3.05, 3.63) is 137 Å². The number of ketones is 2. The average Bonchev–Trinajstić information content (AvgIpc) is 3.50. The molecule has 0 bridgehead atoms. The van der Waals surface area contributed by atoms with Crippen molar-refractivity contribution in [2.75, 3.05) is 22.9 Å². The molecule has 1 aliphatic rings. The minimum Gasteiger partial charge on any atom is -0.399 e. The van der Waals surface area contributed by atoms with Gasteiger partial charge in [0.15, 0.2) is 23.2 Å². The number of nitrogens with two attached hydrogens (primary N) is 4. The first-order chi connectivity index (χ1) is 32.7. The molecule has 366 valence electrons. The smallest absolute Gasteiger partial charge is 0.399 e. The second kappa shape index (κ2) is 22.1. The van der Waals surface area contributed by atoms with Crippen LogP contribution in [0.25, 0.3) is 11.3 Å². The van der Waals surface area contributed by atoms with E-state index >= 15 is 0 Å².